The molecule has 1 aromatic carbocycles. The average Bonchev–Trinajstić information content (AvgIpc) is 2.98. The van der Waals surface area contributed by atoms with E-state index in [2.05, 4.69) is 17.2 Å². The average molecular weight is 284 g/mol. The highest BCUT2D eigenvalue weighted by Gasteiger charge is 2.23. The molecule has 5 heteroatoms. The molecule has 0 unspecified atom stereocenters. The molecule has 1 aliphatic rings. The smallest absolute Gasteiger partial charge is 0.276 e. The number of carbonyl (C=O) groups excluding carboxylic acids is 1. The molecule has 110 valence electrons. The maximum atomic E-state index is 12.4. The van der Waals surface area contributed by atoms with Gasteiger partial charge in [-0.1, -0.05) is 29.8 Å². The number of piperidine rings is 1. The van der Waals surface area contributed by atoms with Crippen LogP contribution in [0.3, 0.4) is 0 Å². The van der Waals surface area contributed by atoms with Gasteiger partial charge >= 0.3 is 0 Å². The molecule has 1 saturated heterocycles. The van der Waals surface area contributed by atoms with Crippen molar-refractivity contribution >= 4 is 5.91 Å². The summed E-state index contributed by atoms with van der Waals surface area (Å²) in [5.41, 5.74) is 2.53. The standard InChI is InChI=1S/C16H20N4O/c1-12-3-5-14(6-4-12)20-11-15(17-18-20)16(21)19-9-7-13(2)8-10-19/h3-6,11,13H,7-10H2,1-2H3. The first-order valence-corrected chi connectivity index (χ1v) is 7.42. The zero-order chi connectivity index (χ0) is 14.8. The van der Waals surface area contributed by atoms with Crippen LogP contribution in [0.2, 0.25) is 0 Å². The topological polar surface area (TPSA) is 51.0 Å². The Balaban J connectivity index is 1.75. The minimum absolute atomic E-state index is 0.0136. The Hall–Kier alpha value is -2.17. The van der Waals surface area contributed by atoms with Gasteiger partial charge in [0.05, 0.1) is 11.9 Å². The Morgan fingerprint density at radius 1 is 1.19 bits per heavy atom. The molecule has 0 saturated carbocycles. The fourth-order valence-electron chi connectivity index (χ4n) is 2.56. The van der Waals surface area contributed by atoms with Crippen LogP contribution in [0.1, 0.15) is 35.8 Å². The lowest BCUT2D eigenvalue weighted by Crippen LogP contribution is -2.38. The van der Waals surface area contributed by atoms with Crippen LogP contribution in [0.5, 0.6) is 0 Å². The van der Waals surface area contributed by atoms with Crippen molar-refractivity contribution in [2.75, 3.05) is 13.1 Å². The van der Waals surface area contributed by atoms with Crippen molar-refractivity contribution in [3.8, 4) is 5.69 Å². The maximum Gasteiger partial charge on any atom is 0.276 e. The van der Waals surface area contributed by atoms with Crippen LogP contribution in [-0.2, 0) is 0 Å². The first kappa shape index (κ1) is 13.8. The molecular weight excluding hydrogens is 264 g/mol. The number of aryl methyl sites for hydroxylation is 1. The predicted molar refractivity (Wildman–Crippen MR) is 80.4 cm³/mol. The van der Waals surface area contributed by atoms with Gasteiger partial charge in [0.25, 0.3) is 5.91 Å². The first-order valence-electron chi connectivity index (χ1n) is 7.42. The van der Waals surface area contributed by atoms with Gasteiger partial charge in [-0.2, -0.15) is 0 Å². The van der Waals surface area contributed by atoms with E-state index in [1.54, 1.807) is 10.9 Å². The van der Waals surface area contributed by atoms with Crippen molar-refractivity contribution < 1.29 is 4.79 Å². The van der Waals surface area contributed by atoms with Crippen LogP contribution in [0.25, 0.3) is 5.69 Å². The number of benzene rings is 1. The molecule has 5 nitrogen and oxygen atoms in total. The minimum Gasteiger partial charge on any atom is -0.337 e. The summed E-state index contributed by atoms with van der Waals surface area (Å²) < 4.78 is 1.65. The van der Waals surface area contributed by atoms with Crippen molar-refractivity contribution in [1.29, 1.82) is 0 Å². The summed E-state index contributed by atoms with van der Waals surface area (Å²) in [7, 11) is 0. The monoisotopic (exact) mass is 284 g/mol. The van der Waals surface area contributed by atoms with Crippen LogP contribution in [0.15, 0.2) is 30.5 Å². The Bertz CT molecular complexity index is 624. The summed E-state index contributed by atoms with van der Waals surface area (Å²) in [6, 6.07) is 7.98. The lowest BCUT2D eigenvalue weighted by atomic mass is 9.99. The van der Waals surface area contributed by atoms with Gasteiger partial charge in [0.2, 0.25) is 0 Å². The molecule has 0 bridgehead atoms. The van der Waals surface area contributed by atoms with E-state index in [-0.39, 0.29) is 5.91 Å². The zero-order valence-corrected chi connectivity index (χ0v) is 12.5. The van der Waals surface area contributed by atoms with Gasteiger partial charge < -0.3 is 4.90 Å². The number of aromatic nitrogens is 3. The summed E-state index contributed by atoms with van der Waals surface area (Å²) in [6.45, 7) is 5.90. The third-order valence-corrected chi connectivity index (χ3v) is 4.08. The molecule has 21 heavy (non-hydrogen) atoms. The minimum atomic E-state index is -0.0136. The summed E-state index contributed by atoms with van der Waals surface area (Å²) in [6.07, 6.45) is 3.85. The molecule has 0 N–H and O–H groups in total. The number of hydrogen-bond donors (Lipinski definition) is 0. The Morgan fingerprint density at radius 3 is 2.52 bits per heavy atom. The van der Waals surface area contributed by atoms with Gasteiger partial charge in [0.15, 0.2) is 5.69 Å². The lowest BCUT2D eigenvalue weighted by Gasteiger charge is -2.29. The van der Waals surface area contributed by atoms with Crippen LogP contribution in [-0.4, -0.2) is 38.9 Å². The molecule has 0 aliphatic carbocycles. The van der Waals surface area contributed by atoms with E-state index in [1.807, 2.05) is 36.1 Å². The molecule has 1 fully saturated rings. The van der Waals surface area contributed by atoms with Crippen molar-refractivity contribution in [1.82, 2.24) is 19.9 Å². The third kappa shape index (κ3) is 2.96. The van der Waals surface area contributed by atoms with E-state index in [0.29, 0.717) is 11.6 Å². The molecule has 1 amide bonds. The highest BCUT2D eigenvalue weighted by Crippen LogP contribution is 2.18. The van der Waals surface area contributed by atoms with E-state index in [1.165, 1.54) is 5.56 Å². The van der Waals surface area contributed by atoms with Crippen molar-refractivity contribution in [3.05, 3.63) is 41.7 Å². The van der Waals surface area contributed by atoms with Gasteiger partial charge in [-0.3, -0.25) is 4.79 Å². The van der Waals surface area contributed by atoms with Gasteiger partial charge in [-0.25, -0.2) is 4.68 Å². The number of amides is 1. The van der Waals surface area contributed by atoms with Crippen LogP contribution < -0.4 is 0 Å². The largest absolute Gasteiger partial charge is 0.337 e. The molecule has 3 rings (SSSR count). The SMILES string of the molecule is Cc1ccc(-n2cc(C(=O)N3CCC(C)CC3)nn2)cc1. The van der Waals surface area contributed by atoms with Gasteiger partial charge in [-0.05, 0) is 37.8 Å². The highest BCUT2D eigenvalue weighted by atomic mass is 16.2. The molecule has 0 spiro atoms. The van der Waals surface area contributed by atoms with Gasteiger partial charge in [0.1, 0.15) is 0 Å². The lowest BCUT2D eigenvalue weighted by molar-refractivity contribution is 0.0691. The molecule has 2 aromatic rings. The van der Waals surface area contributed by atoms with Crippen LogP contribution >= 0.6 is 0 Å². The number of rotatable bonds is 2. The fourth-order valence-corrected chi connectivity index (χ4v) is 2.56. The number of carbonyl (C=O) groups is 1. The summed E-state index contributed by atoms with van der Waals surface area (Å²) >= 11 is 0. The Morgan fingerprint density at radius 2 is 1.86 bits per heavy atom. The van der Waals surface area contributed by atoms with Crippen molar-refractivity contribution in [2.24, 2.45) is 5.92 Å². The van der Waals surface area contributed by atoms with Crippen LogP contribution in [0, 0.1) is 12.8 Å². The van der Waals surface area contributed by atoms with E-state index in [4.69, 9.17) is 0 Å². The second-order valence-electron chi connectivity index (χ2n) is 5.86. The molecule has 1 aromatic heterocycles. The number of likely N-dealkylation sites (tertiary alicyclic amines) is 1. The number of nitrogens with zero attached hydrogens (tertiary/aromatic N) is 4. The maximum absolute atomic E-state index is 12.4. The Kier molecular flexibility index (Phi) is 3.73. The molecule has 0 radical (unpaired) electrons. The quantitative estimate of drug-likeness (QED) is 0.851. The number of hydrogen-bond acceptors (Lipinski definition) is 3. The second kappa shape index (κ2) is 5.68. The molecular formula is C16H20N4O. The first-order chi connectivity index (χ1) is 10.1. The third-order valence-electron chi connectivity index (χ3n) is 4.08. The van der Waals surface area contributed by atoms with E-state index >= 15 is 0 Å². The van der Waals surface area contributed by atoms with Crippen molar-refractivity contribution in [3.63, 3.8) is 0 Å². The van der Waals surface area contributed by atoms with E-state index < -0.39 is 0 Å². The van der Waals surface area contributed by atoms with Crippen molar-refractivity contribution in [2.45, 2.75) is 26.7 Å². The predicted octanol–water partition coefficient (Wildman–Crippen LogP) is 2.45. The highest BCUT2D eigenvalue weighted by molar-refractivity contribution is 5.92. The summed E-state index contributed by atoms with van der Waals surface area (Å²) in [4.78, 5) is 14.3. The van der Waals surface area contributed by atoms with E-state index in [0.717, 1.165) is 31.6 Å². The normalized spacial score (nSPS) is 16.2. The molecule has 2 heterocycles. The van der Waals surface area contributed by atoms with Gasteiger partial charge in [0, 0.05) is 13.1 Å². The fraction of sp³-hybridized carbons (Fsp3) is 0.438. The van der Waals surface area contributed by atoms with E-state index in [9.17, 15) is 4.79 Å². The summed E-state index contributed by atoms with van der Waals surface area (Å²) in [5, 5.41) is 8.10. The summed E-state index contributed by atoms with van der Waals surface area (Å²) in [5.74, 6) is 0.692. The molecule has 0 atom stereocenters. The zero-order valence-electron chi connectivity index (χ0n) is 12.5. The Labute approximate surface area is 124 Å². The molecule has 1 aliphatic heterocycles. The second-order valence-corrected chi connectivity index (χ2v) is 5.86. The van der Waals surface area contributed by atoms with Crippen LogP contribution in [0.4, 0.5) is 0 Å². The van der Waals surface area contributed by atoms with Gasteiger partial charge in [-0.15, -0.1) is 5.10 Å².